The van der Waals surface area contributed by atoms with Crippen LogP contribution in [0.4, 0.5) is 5.69 Å². The van der Waals surface area contributed by atoms with Crippen LogP contribution in [0.3, 0.4) is 0 Å². The van der Waals surface area contributed by atoms with Crippen LogP contribution >= 0.6 is 0 Å². The van der Waals surface area contributed by atoms with Crippen LogP contribution in [0.2, 0.25) is 0 Å². The van der Waals surface area contributed by atoms with Crippen LogP contribution in [0.5, 0.6) is 0 Å². The van der Waals surface area contributed by atoms with E-state index >= 15 is 0 Å². The van der Waals surface area contributed by atoms with Crippen LogP contribution in [0, 0.1) is 13.8 Å². The molecule has 0 atom stereocenters. The molecule has 0 fully saturated rings. The minimum absolute atomic E-state index is 0.844. The lowest BCUT2D eigenvalue weighted by Crippen LogP contribution is -1.88. The summed E-state index contributed by atoms with van der Waals surface area (Å²) < 4.78 is 0. The fourth-order valence-corrected chi connectivity index (χ4v) is 2.25. The lowest BCUT2D eigenvalue weighted by molar-refractivity contribution is 1.42. The van der Waals surface area contributed by atoms with Gasteiger partial charge in [0, 0.05) is 22.3 Å². The molecule has 18 heavy (non-hydrogen) atoms. The Labute approximate surface area is 106 Å². The monoisotopic (exact) mass is 236 g/mol. The highest BCUT2D eigenvalue weighted by Gasteiger charge is 2.06. The van der Waals surface area contributed by atoms with Crippen molar-refractivity contribution in [3.8, 4) is 11.3 Å². The Bertz CT molecular complexity index is 706. The molecule has 3 aromatic rings. The summed E-state index contributed by atoms with van der Waals surface area (Å²) in [4.78, 5) is 3.44. The Morgan fingerprint density at radius 2 is 1.67 bits per heavy atom. The molecule has 2 nitrogen and oxygen atoms in total. The van der Waals surface area contributed by atoms with Crippen LogP contribution in [0.25, 0.3) is 22.2 Å². The third-order valence-electron chi connectivity index (χ3n) is 3.48. The van der Waals surface area contributed by atoms with Crippen molar-refractivity contribution >= 4 is 16.6 Å². The van der Waals surface area contributed by atoms with E-state index in [0.29, 0.717) is 0 Å². The van der Waals surface area contributed by atoms with E-state index in [0.717, 1.165) is 22.5 Å². The molecule has 0 aliphatic rings. The summed E-state index contributed by atoms with van der Waals surface area (Å²) in [6, 6.07) is 14.7. The van der Waals surface area contributed by atoms with Gasteiger partial charge in [0.15, 0.2) is 0 Å². The molecule has 90 valence electrons. The van der Waals surface area contributed by atoms with Gasteiger partial charge in [-0.3, -0.25) is 0 Å². The zero-order chi connectivity index (χ0) is 12.7. The third-order valence-corrected chi connectivity index (χ3v) is 3.48. The number of hydrogen-bond donors (Lipinski definition) is 2. The van der Waals surface area contributed by atoms with Crippen molar-refractivity contribution < 1.29 is 0 Å². The number of aromatic nitrogens is 1. The van der Waals surface area contributed by atoms with E-state index < -0.39 is 0 Å². The molecule has 0 radical (unpaired) electrons. The highest BCUT2D eigenvalue weighted by Crippen LogP contribution is 2.28. The number of aryl methyl sites for hydroxylation is 2. The highest BCUT2D eigenvalue weighted by molar-refractivity contribution is 5.91. The van der Waals surface area contributed by atoms with Crippen LogP contribution < -0.4 is 5.73 Å². The number of aromatic amines is 1. The number of anilines is 1. The maximum Gasteiger partial charge on any atom is 0.0464 e. The van der Waals surface area contributed by atoms with Gasteiger partial charge in [-0.05, 0) is 43.2 Å². The van der Waals surface area contributed by atoms with Gasteiger partial charge in [-0.15, -0.1) is 0 Å². The highest BCUT2D eigenvalue weighted by atomic mass is 14.7. The SMILES string of the molecule is Cc1ccc(-c2cc3c(C)c(N)ccc3[nH]2)cc1. The van der Waals surface area contributed by atoms with Gasteiger partial charge >= 0.3 is 0 Å². The molecule has 3 N–H and O–H groups in total. The molecule has 0 amide bonds. The first-order chi connectivity index (χ1) is 8.65. The van der Waals surface area contributed by atoms with Gasteiger partial charge < -0.3 is 10.7 Å². The summed E-state index contributed by atoms with van der Waals surface area (Å²) in [6.45, 7) is 4.16. The number of nitrogens with two attached hydrogens (primary N) is 1. The second-order valence-electron chi connectivity index (χ2n) is 4.79. The maximum absolute atomic E-state index is 5.94. The Hall–Kier alpha value is -2.22. The Morgan fingerprint density at radius 3 is 2.39 bits per heavy atom. The van der Waals surface area contributed by atoms with E-state index in [9.17, 15) is 0 Å². The van der Waals surface area contributed by atoms with Crippen LogP contribution in [-0.2, 0) is 0 Å². The fraction of sp³-hybridized carbons (Fsp3) is 0.125. The third kappa shape index (κ3) is 1.66. The molecule has 0 saturated heterocycles. The summed E-state index contributed by atoms with van der Waals surface area (Å²) in [5, 5.41) is 1.20. The van der Waals surface area contributed by atoms with Gasteiger partial charge in [0.05, 0.1) is 0 Å². The van der Waals surface area contributed by atoms with E-state index in [2.05, 4.69) is 49.2 Å². The first-order valence-corrected chi connectivity index (χ1v) is 6.10. The molecule has 2 aromatic carbocycles. The minimum atomic E-state index is 0.844. The summed E-state index contributed by atoms with van der Waals surface area (Å²) >= 11 is 0. The van der Waals surface area contributed by atoms with Crippen molar-refractivity contribution in [3.05, 3.63) is 53.6 Å². The van der Waals surface area contributed by atoms with Gasteiger partial charge in [-0.25, -0.2) is 0 Å². The van der Waals surface area contributed by atoms with Crippen molar-refractivity contribution in [2.75, 3.05) is 5.73 Å². The first-order valence-electron chi connectivity index (χ1n) is 6.10. The van der Waals surface area contributed by atoms with Crippen LogP contribution in [0.1, 0.15) is 11.1 Å². The van der Waals surface area contributed by atoms with Crippen molar-refractivity contribution in [1.82, 2.24) is 4.98 Å². The molecule has 0 unspecified atom stereocenters. The zero-order valence-electron chi connectivity index (χ0n) is 10.6. The van der Waals surface area contributed by atoms with E-state index in [1.165, 1.54) is 16.5 Å². The summed E-state index contributed by atoms with van der Waals surface area (Å²) in [5.74, 6) is 0. The summed E-state index contributed by atoms with van der Waals surface area (Å²) in [6.07, 6.45) is 0. The smallest absolute Gasteiger partial charge is 0.0464 e. The lowest BCUT2D eigenvalue weighted by Gasteiger charge is -1.99. The van der Waals surface area contributed by atoms with Crippen LogP contribution in [0.15, 0.2) is 42.5 Å². The van der Waals surface area contributed by atoms with E-state index in [1.807, 2.05) is 12.1 Å². The Balaban J connectivity index is 2.19. The van der Waals surface area contributed by atoms with Crippen molar-refractivity contribution in [2.24, 2.45) is 0 Å². The molecule has 0 spiro atoms. The number of rotatable bonds is 1. The predicted octanol–water partition coefficient (Wildman–Crippen LogP) is 4.03. The number of fused-ring (bicyclic) bond motifs is 1. The fourth-order valence-electron chi connectivity index (χ4n) is 2.25. The van der Waals surface area contributed by atoms with E-state index in [-0.39, 0.29) is 0 Å². The quantitative estimate of drug-likeness (QED) is 0.615. The molecule has 0 bridgehead atoms. The number of hydrogen-bond acceptors (Lipinski definition) is 1. The largest absolute Gasteiger partial charge is 0.398 e. The minimum Gasteiger partial charge on any atom is -0.398 e. The summed E-state index contributed by atoms with van der Waals surface area (Å²) in [5.41, 5.74) is 12.7. The summed E-state index contributed by atoms with van der Waals surface area (Å²) in [7, 11) is 0. The maximum atomic E-state index is 5.94. The van der Waals surface area contributed by atoms with Gasteiger partial charge in [0.2, 0.25) is 0 Å². The van der Waals surface area contributed by atoms with Crippen molar-refractivity contribution in [2.45, 2.75) is 13.8 Å². The molecular weight excluding hydrogens is 220 g/mol. The standard InChI is InChI=1S/C16H16N2/c1-10-3-5-12(6-4-10)16-9-13-11(2)14(17)7-8-15(13)18-16/h3-9,18H,17H2,1-2H3. The molecule has 0 aliphatic carbocycles. The van der Waals surface area contributed by atoms with E-state index in [4.69, 9.17) is 5.73 Å². The average Bonchev–Trinajstić information content (AvgIpc) is 2.80. The molecule has 0 aliphatic heterocycles. The van der Waals surface area contributed by atoms with Crippen LogP contribution in [-0.4, -0.2) is 4.98 Å². The molecule has 1 heterocycles. The topological polar surface area (TPSA) is 41.8 Å². The Kier molecular flexibility index (Phi) is 2.37. The predicted molar refractivity (Wildman–Crippen MR) is 77.6 cm³/mol. The van der Waals surface area contributed by atoms with Gasteiger partial charge in [-0.2, -0.15) is 0 Å². The second-order valence-corrected chi connectivity index (χ2v) is 4.79. The number of nitrogens with one attached hydrogen (secondary N) is 1. The van der Waals surface area contributed by atoms with Gasteiger partial charge in [0.25, 0.3) is 0 Å². The molecular formula is C16H16N2. The number of benzene rings is 2. The first kappa shape index (κ1) is 10.9. The lowest BCUT2D eigenvalue weighted by atomic mass is 10.1. The molecule has 3 rings (SSSR count). The van der Waals surface area contributed by atoms with Crippen molar-refractivity contribution in [3.63, 3.8) is 0 Å². The zero-order valence-corrected chi connectivity index (χ0v) is 10.6. The van der Waals surface area contributed by atoms with Crippen molar-refractivity contribution in [1.29, 1.82) is 0 Å². The normalized spacial score (nSPS) is 11.0. The second kappa shape index (κ2) is 3.91. The molecule has 2 heteroatoms. The molecule has 1 aromatic heterocycles. The number of H-pyrrole nitrogens is 1. The Morgan fingerprint density at radius 1 is 0.944 bits per heavy atom. The average molecular weight is 236 g/mol. The number of nitrogen functional groups attached to an aromatic ring is 1. The van der Waals surface area contributed by atoms with Gasteiger partial charge in [0.1, 0.15) is 0 Å². The van der Waals surface area contributed by atoms with E-state index in [1.54, 1.807) is 0 Å². The molecule has 0 saturated carbocycles. The van der Waals surface area contributed by atoms with Gasteiger partial charge in [-0.1, -0.05) is 29.8 Å².